The predicted molar refractivity (Wildman–Crippen MR) is 21.5 cm³/mol. The van der Waals surface area contributed by atoms with Crippen molar-refractivity contribution in [1.82, 2.24) is 4.57 Å². The van der Waals surface area contributed by atoms with E-state index >= 15 is 0 Å². The van der Waals surface area contributed by atoms with Crippen LogP contribution in [0.5, 0.6) is 0 Å². The van der Waals surface area contributed by atoms with Crippen LogP contribution in [0.1, 0.15) is 0 Å². The fourth-order valence-electron chi connectivity index (χ4n) is 0.1000. The highest BCUT2D eigenvalue weighted by atomic mass is 28.2. The molecule has 0 aromatic carbocycles. The number of hydrogen-bond acceptors (Lipinski definition) is 1. The Kier molecular flexibility index (Phi) is 0.339. The van der Waals surface area contributed by atoms with E-state index in [2.05, 4.69) is 4.57 Å². The highest BCUT2D eigenvalue weighted by molar-refractivity contribution is 6.05. The molecule has 0 aromatic rings. The summed E-state index contributed by atoms with van der Waals surface area (Å²) in [5.41, 5.74) is 0. The van der Waals surface area contributed by atoms with E-state index in [0.717, 1.165) is 0 Å². The van der Waals surface area contributed by atoms with Gasteiger partial charge in [-0.25, -0.2) is 0 Å². The normalized spacial score (nSPS) is 27.0. The van der Waals surface area contributed by atoms with Gasteiger partial charge in [-0.2, -0.15) is 0 Å². The quantitative estimate of drug-likeness (QED) is 0.251. The molecule has 0 saturated carbocycles. The van der Waals surface area contributed by atoms with E-state index in [-0.39, 0.29) is 0 Å². The molecule has 1 nitrogen and oxygen atoms in total. The summed E-state index contributed by atoms with van der Waals surface area (Å²) in [7, 11) is 1.29. The van der Waals surface area contributed by atoms with Gasteiger partial charge >= 0.3 is 0 Å². The third-order valence-electron chi connectivity index (χ3n) is 0.671. The third kappa shape index (κ3) is 0.299. The van der Waals surface area contributed by atoms with Crippen LogP contribution in [0.4, 0.5) is 0 Å². The summed E-state index contributed by atoms with van der Waals surface area (Å²) < 4.78 is 2.39. The first-order valence-electron chi connectivity index (χ1n) is 1.58. The second-order valence-electron chi connectivity index (χ2n) is 1.30. The maximum Gasteiger partial charge on any atom is 0.0785 e. The lowest BCUT2D eigenvalue weighted by atomic mass is 11.0. The van der Waals surface area contributed by atoms with E-state index in [1.165, 1.54) is 23.5 Å². The Labute approximate surface area is 29.1 Å². The molecule has 0 radical (unpaired) electrons. The molecule has 1 heterocycles. The van der Waals surface area contributed by atoms with Gasteiger partial charge < -0.3 is 4.57 Å². The first-order chi connectivity index (χ1) is 1.89. The van der Waals surface area contributed by atoms with E-state index in [1.54, 1.807) is 0 Å². The lowest BCUT2D eigenvalue weighted by molar-refractivity contribution is 0.925. The summed E-state index contributed by atoms with van der Waals surface area (Å²) in [6.07, 6.45) is 0. The molecule has 0 atom stereocenters. The molecule has 0 aromatic heterocycles. The number of nitrogens with zero attached hydrogens (tertiary/aromatic N) is 1. The average molecular weight is 73.2 g/mol. The number of hydrogen-bond donors (Lipinski definition) is 0. The van der Waals surface area contributed by atoms with Crippen molar-refractivity contribution in [3.63, 3.8) is 0 Å². The van der Waals surface area contributed by atoms with Crippen LogP contribution in [0.25, 0.3) is 0 Å². The van der Waals surface area contributed by atoms with E-state index in [0.29, 0.717) is 0 Å². The number of rotatable bonds is 0. The molecule has 2 heteroatoms. The Bertz CT molecular complexity index is 25.2. The van der Waals surface area contributed by atoms with Gasteiger partial charge in [-0.3, -0.25) is 0 Å². The third-order valence-corrected chi connectivity index (χ3v) is 1.57. The highest BCUT2D eigenvalue weighted by Crippen LogP contribution is 1.91. The molecule has 0 N–H and O–H groups in total. The van der Waals surface area contributed by atoms with E-state index < -0.39 is 0 Å². The Balaban J connectivity index is 2.17. The van der Waals surface area contributed by atoms with Gasteiger partial charge in [-0.1, -0.05) is 0 Å². The van der Waals surface area contributed by atoms with Gasteiger partial charge in [0.2, 0.25) is 0 Å². The van der Waals surface area contributed by atoms with Gasteiger partial charge in [0.25, 0.3) is 0 Å². The summed E-state index contributed by atoms with van der Waals surface area (Å²) >= 11 is 0. The zero-order chi connectivity index (χ0) is 2.99. The van der Waals surface area contributed by atoms with Crippen LogP contribution in [0, 0.1) is 0 Å². The maximum absolute atomic E-state index is 2.39. The zero-order valence-electron chi connectivity index (χ0n) is 2.86. The van der Waals surface area contributed by atoms with Gasteiger partial charge in [-0.15, -0.1) is 0 Å². The predicted octanol–water partition coefficient (Wildman–Crippen LogP) is -1.42. The molecular weight excluding hydrogens is 66.1 g/mol. The molecule has 0 unspecified atom stereocenters. The van der Waals surface area contributed by atoms with Crippen molar-refractivity contribution >= 4 is 10.4 Å². The van der Waals surface area contributed by atoms with Gasteiger partial charge in [0.05, 0.1) is 10.4 Å². The van der Waals surface area contributed by atoms with E-state index in [9.17, 15) is 0 Å². The molecule has 0 spiro atoms. The average Bonchev–Trinajstić information content (AvgIpc) is 1.75. The molecule has 1 saturated heterocycles. The second kappa shape index (κ2) is 0.562. The SMILES string of the molecule is [SiH3]N1CC1. The van der Waals surface area contributed by atoms with Crippen molar-refractivity contribution in [2.24, 2.45) is 0 Å². The molecule has 0 amide bonds. The Morgan fingerprint density at radius 1 is 1.50 bits per heavy atom. The molecule has 1 rings (SSSR count). The van der Waals surface area contributed by atoms with Crippen molar-refractivity contribution in [3.05, 3.63) is 0 Å². The van der Waals surface area contributed by atoms with Crippen molar-refractivity contribution in [3.8, 4) is 0 Å². The summed E-state index contributed by atoms with van der Waals surface area (Å²) in [5, 5.41) is 0. The minimum absolute atomic E-state index is 1.29. The van der Waals surface area contributed by atoms with Gasteiger partial charge in [-0.05, 0) is 0 Å². The molecule has 4 heavy (non-hydrogen) atoms. The minimum Gasteiger partial charge on any atom is -0.330 e. The summed E-state index contributed by atoms with van der Waals surface area (Å²) in [5.74, 6) is 0. The molecule has 24 valence electrons. The summed E-state index contributed by atoms with van der Waals surface area (Å²) in [6.45, 7) is 2.76. The minimum atomic E-state index is 1.29. The smallest absolute Gasteiger partial charge is 0.0785 e. The zero-order valence-corrected chi connectivity index (χ0v) is 4.86. The second-order valence-corrected chi connectivity index (χ2v) is 2.57. The largest absolute Gasteiger partial charge is 0.330 e. The summed E-state index contributed by atoms with van der Waals surface area (Å²) in [4.78, 5) is 0. The Morgan fingerprint density at radius 3 is 1.75 bits per heavy atom. The lowest BCUT2D eigenvalue weighted by Gasteiger charge is -1.66. The van der Waals surface area contributed by atoms with E-state index in [1.807, 2.05) is 0 Å². The van der Waals surface area contributed by atoms with E-state index in [4.69, 9.17) is 0 Å². The Hall–Kier alpha value is 0.177. The van der Waals surface area contributed by atoms with Crippen LogP contribution >= 0.6 is 0 Å². The fourth-order valence-corrected chi connectivity index (χ4v) is 0.300. The molecule has 0 bridgehead atoms. The molecular formula is C2H7NSi. The highest BCUT2D eigenvalue weighted by Gasteiger charge is 2.06. The first-order valence-corrected chi connectivity index (χ1v) is 2.47. The first kappa shape index (κ1) is 2.42. The van der Waals surface area contributed by atoms with Gasteiger partial charge in [0.1, 0.15) is 0 Å². The van der Waals surface area contributed by atoms with Crippen LogP contribution < -0.4 is 0 Å². The molecule has 1 aliphatic rings. The van der Waals surface area contributed by atoms with Crippen LogP contribution in [0.3, 0.4) is 0 Å². The van der Waals surface area contributed by atoms with Crippen LogP contribution in [-0.2, 0) is 0 Å². The van der Waals surface area contributed by atoms with Gasteiger partial charge in [0.15, 0.2) is 0 Å². The van der Waals surface area contributed by atoms with Crippen molar-refractivity contribution < 1.29 is 0 Å². The van der Waals surface area contributed by atoms with Crippen LogP contribution in [0.15, 0.2) is 0 Å². The topological polar surface area (TPSA) is 3.01 Å². The molecule has 1 aliphatic heterocycles. The Morgan fingerprint density at radius 2 is 1.75 bits per heavy atom. The lowest BCUT2D eigenvalue weighted by Crippen LogP contribution is -1.80. The monoisotopic (exact) mass is 73.0 g/mol. The van der Waals surface area contributed by atoms with Crippen molar-refractivity contribution in [2.75, 3.05) is 13.1 Å². The van der Waals surface area contributed by atoms with Crippen LogP contribution in [-0.4, -0.2) is 28.1 Å². The van der Waals surface area contributed by atoms with Crippen molar-refractivity contribution in [2.45, 2.75) is 0 Å². The van der Waals surface area contributed by atoms with Gasteiger partial charge in [0, 0.05) is 13.1 Å². The molecule has 1 fully saturated rings. The maximum atomic E-state index is 2.39. The molecule has 0 aliphatic carbocycles. The fraction of sp³-hybridized carbons (Fsp3) is 1.00. The van der Waals surface area contributed by atoms with Crippen molar-refractivity contribution in [1.29, 1.82) is 0 Å². The van der Waals surface area contributed by atoms with Crippen LogP contribution in [0.2, 0.25) is 0 Å². The summed E-state index contributed by atoms with van der Waals surface area (Å²) in [6, 6.07) is 0. The standard InChI is InChI=1S/C2H7NSi/c4-3-1-2-3/h1-2H2,4H3.